The Hall–Kier alpha value is -0.120. The Morgan fingerprint density at radius 2 is 1.10 bits per heavy atom. The lowest BCUT2D eigenvalue weighted by atomic mass is 10.2. The van der Waals surface area contributed by atoms with Crippen molar-refractivity contribution in [3.8, 4) is 0 Å². The second-order valence-electron chi connectivity index (χ2n) is 2.49. The summed E-state index contributed by atoms with van der Waals surface area (Å²) in [6, 6.07) is 0. The largest absolute Gasteiger partial charge is 0.400 e. The molecule has 0 saturated carbocycles. The van der Waals surface area contributed by atoms with Gasteiger partial charge in [0.25, 0.3) is 0 Å². The molecule has 0 rings (SSSR count). The summed E-state index contributed by atoms with van der Waals surface area (Å²) in [5, 5.41) is 23.1. The smallest absolute Gasteiger partial charge is 0.0563 e. The Bertz CT molecular complexity index is 32.6. The van der Waals surface area contributed by atoms with Crippen LogP contribution in [0.2, 0.25) is 0 Å². The van der Waals surface area contributed by atoms with Gasteiger partial charge in [0.2, 0.25) is 0 Å². The van der Waals surface area contributed by atoms with Gasteiger partial charge in [-0.25, -0.2) is 0 Å². The van der Waals surface area contributed by atoms with Crippen LogP contribution in [0.15, 0.2) is 0 Å². The number of hydrogen-bond acceptors (Lipinski definition) is 3. The molecule has 0 saturated heterocycles. The number of rotatable bonds is 0. The molecule has 0 radical (unpaired) electrons. The van der Waals surface area contributed by atoms with Gasteiger partial charge >= 0.3 is 0 Å². The third kappa shape index (κ3) is 25900. The van der Waals surface area contributed by atoms with Crippen molar-refractivity contribution in [2.24, 2.45) is 0 Å². The van der Waals surface area contributed by atoms with Gasteiger partial charge in [0.1, 0.15) is 0 Å². The van der Waals surface area contributed by atoms with E-state index in [4.69, 9.17) is 15.3 Å². The maximum Gasteiger partial charge on any atom is 0.0563 e. The van der Waals surface area contributed by atoms with Crippen molar-refractivity contribution in [2.45, 2.75) is 33.3 Å². The summed E-state index contributed by atoms with van der Waals surface area (Å²) in [5.74, 6) is 0. The third-order valence-electron chi connectivity index (χ3n) is 0. The Morgan fingerprint density at radius 1 is 1.10 bits per heavy atom. The lowest BCUT2D eigenvalue weighted by Gasteiger charge is -2.04. The molecule has 0 fully saturated rings. The van der Waals surface area contributed by atoms with Crippen LogP contribution < -0.4 is 0 Å². The van der Waals surface area contributed by atoms with Crippen LogP contribution in [0.3, 0.4) is 0 Å². The number of hydrogen-bond donors (Lipinski definition) is 3. The first-order chi connectivity index (χ1) is 4.41. The molecular weight excluding hydrogens is 132 g/mol. The summed E-state index contributed by atoms with van der Waals surface area (Å²) < 4.78 is 0. The van der Waals surface area contributed by atoms with E-state index in [1.165, 1.54) is 0 Å². The van der Waals surface area contributed by atoms with Gasteiger partial charge < -0.3 is 15.3 Å². The van der Waals surface area contributed by atoms with Crippen molar-refractivity contribution in [2.75, 3.05) is 13.7 Å². The van der Waals surface area contributed by atoms with E-state index in [0.29, 0.717) is 0 Å². The molecule has 0 unspecified atom stereocenters. The minimum absolute atomic E-state index is 0.250. The molecule has 0 aliphatic carbocycles. The Labute approximate surface area is 63.3 Å². The van der Waals surface area contributed by atoms with E-state index < -0.39 is 5.60 Å². The first-order valence-corrected chi connectivity index (χ1v) is 3.19. The molecule has 66 valence electrons. The molecule has 0 spiro atoms. The van der Waals surface area contributed by atoms with Gasteiger partial charge in [-0.2, -0.15) is 0 Å². The fourth-order valence-electron chi connectivity index (χ4n) is 0. The van der Waals surface area contributed by atoms with E-state index in [2.05, 4.69) is 0 Å². The van der Waals surface area contributed by atoms with Crippen LogP contribution in [0.5, 0.6) is 0 Å². The standard InChI is InChI=1S/C4H10O.C2H6O.CH4O/c1-4(2,3)5;1-2-3;1-2/h5H,1-3H3;3H,2H2,1H3;2H,1H3. The van der Waals surface area contributed by atoms with Crippen LogP contribution >= 0.6 is 0 Å². The van der Waals surface area contributed by atoms with Crippen LogP contribution in [0.1, 0.15) is 27.7 Å². The van der Waals surface area contributed by atoms with Crippen molar-refractivity contribution in [1.29, 1.82) is 0 Å². The predicted molar refractivity (Wildman–Crippen MR) is 42.9 cm³/mol. The van der Waals surface area contributed by atoms with E-state index in [-0.39, 0.29) is 6.61 Å². The van der Waals surface area contributed by atoms with E-state index in [1.807, 2.05) is 0 Å². The highest BCUT2D eigenvalue weighted by Crippen LogP contribution is 1.93. The third-order valence-corrected chi connectivity index (χ3v) is 0. The van der Waals surface area contributed by atoms with Crippen molar-refractivity contribution in [3.63, 3.8) is 0 Å². The van der Waals surface area contributed by atoms with Crippen LogP contribution in [-0.4, -0.2) is 34.6 Å². The Morgan fingerprint density at radius 3 is 1.10 bits per heavy atom. The topological polar surface area (TPSA) is 60.7 Å². The fraction of sp³-hybridized carbons (Fsp3) is 1.00. The maximum atomic E-state index is 8.52. The van der Waals surface area contributed by atoms with Crippen LogP contribution in [0, 0.1) is 0 Å². The number of aliphatic hydroxyl groups excluding tert-OH is 2. The minimum Gasteiger partial charge on any atom is -0.400 e. The molecule has 0 heterocycles. The molecule has 0 atom stereocenters. The predicted octanol–water partition coefficient (Wildman–Crippen LogP) is 0.384. The van der Waals surface area contributed by atoms with Crippen molar-refractivity contribution >= 4 is 0 Å². The van der Waals surface area contributed by atoms with Crippen molar-refractivity contribution in [3.05, 3.63) is 0 Å². The first kappa shape index (κ1) is 16.5. The molecule has 0 bridgehead atoms. The highest BCUT2D eigenvalue weighted by Gasteiger charge is 1.97. The second kappa shape index (κ2) is 11.6. The van der Waals surface area contributed by atoms with Gasteiger partial charge in [-0.15, -0.1) is 0 Å². The molecule has 0 aliphatic heterocycles. The normalized spacial score (nSPS) is 8.40. The molecular formula is C7H20O3. The molecule has 0 amide bonds. The minimum atomic E-state index is -0.500. The summed E-state index contributed by atoms with van der Waals surface area (Å²) in [5.41, 5.74) is -0.500. The highest BCUT2D eigenvalue weighted by atomic mass is 16.3. The van der Waals surface area contributed by atoms with Gasteiger partial charge in [-0.3, -0.25) is 0 Å². The fourth-order valence-corrected chi connectivity index (χ4v) is 0. The SMILES string of the molecule is CC(C)(C)O.CCO.CO. The summed E-state index contributed by atoms with van der Waals surface area (Å²) in [6.45, 7) is 7.16. The summed E-state index contributed by atoms with van der Waals surface area (Å²) >= 11 is 0. The zero-order valence-corrected chi connectivity index (χ0v) is 7.55. The molecule has 0 aromatic carbocycles. The van der Waals surface area contributed by atoms with Crippen molar-refractivity contribution < 1.29 is 15.3 Å². The van der Waals surface area contributed by atoms with Crippen LogP contribution in [0.4, 0.5) is 0 Å². The highest BCUT2D eigenvalue weighted by molar-refractivity contribution is 4.50. The average Bonchev–Trinajstić information content (AvgIpc) is 1.68. The van der Waals surface area contributed by atoms with Crippen molar-refractivity contribution in [1.82, 2.24) is 0 Å². The first-order valence-electron chi connectivity index (χ1n) is 3.19. The van der Waals surface area contributed by atoms with E-state index in [0.717, 1.165) is 7.11 Å². The van der Waals surface area contributed by atoms with Gasteiger partial charge in [0, 0.05) is 13.7 Å². The Balaban J connectivity index is -0.0000000847. The van der Waals surface area contributed by atoms with E-state index in [9.17, 15) is 0 Å². The molecule has 0 aliphatic rings. The molecule has 0 aromatic heterocycles. The second-order valence-corrected chi connectivity index (χ2v) is 2.49. The van der Waals surface area contributed by atoms with Gasteiger partial charge in [-0.05, 0) is 27.7 Å². The van der Waals surface area contributed by atoms with Crippen LogP contribution in [-0.2, 0) is 0 Å². The zero-order valence-electron chi connectivity index (χ0n) is 7.55. The molecule has 0 aromatic rings. The molecule has 3 N–H and O–H groups in total. The van der Waals surface area contributed by atoms with E-state index >= 15 is 0 Å². The molecule has 3 heteroatoms. The number of aliphatic hydroxyl groups is 3. The lowest BCUT2D eigenvalue weighted by molar-refractivity contribution is 0.102. The summed E-state index contributed by atoms with van der Waals surface area (Å²) in [4.78, 5) is 0. The molecule has 3 nitrogen and oxygen atoms in total. The maximum absolute atomic E-state index is 8.52. The van der Waals surface area contributed by atoms with Gasteiger partial charge in [0.15, 0.2) is 0 Å². The summed E-state index contributed by atoms with van der Waals surface area (Å²) in [6.07, 6.45) is 0. The summed E-state index contributed by atoms with van der Waals surface area (Å²) in [7, 11) is 1.00. The van der Waals surface area contributed by atoms with Gasteiger partial charge in [-0.1, -0.05) is 0 Å². The zero-order chi connectivity index (χ0) is 9.21. The van der Waals surface area contributed by atoms with Gasteiger partial charge in [0.05, 0.1) is 5.60 Å². The quantitative estimate of drug-likeness (QED) is 0.470. The molecule has 10 heavy (non-hydrogen) atoms. The van der Waals surface area contributed by atoms with E-state index in [1.54, 1.807) is 27.7 Å². The monoisotopic (exact) mass is 152 g/mol. The Kier molecular flexibility index (Phi) is 19.2. The average molecular weight is 152 g/mol. The van der Waals surface area contributed by atoms with Crippen LogP contribution in [0.25, 0.3) is 0 Å². The lowest BCUT2D eigenvalue weighted by Crippen LogP contribution is -2.10.